The lowest BCUT2D eigenvalue weighted by Crippen LogP contribution is -2.30. The normalized spacial score (nSPS) is 24.2. The zero-order chi connectivity index (χ0) is 8.93. The van der Waals surface area contributed by atoms with Crippen molar-refractivity contribution in [1.82, 2.24) is 15.5 Å². The molecule has 1 fully saturated rings. The summed E-state index contributed by atoms with van der Waals surface area (Å²) in [5.41, 5.74) is 0. The molecular formula is C9H15N3O. The van der Waals surface area contributed by atoms with E-state index in [0.717, 1.165) is 18.8 Å². The molecule has 1 aliphatic rings. The minimum absolute atomic E-state index is 0.542. The Kier molecular flexibility index (Phi) is 2.92. The Labute approximate surface area is 77.7 Å². The van der Waals surface area contributed by atoms with E-state index in [9.17, 15) is 0 Å². The first-order valence-corrected chi connectivity index (χ1v) is 4.94. The lowest BCUT2D eigenvalue weighted by molar-refractivity contribution is 0.402. The zero-order valence-corrected chi connectivity index (χ0v) is 7.70. The molecule has 0 saturated carbocycles. The minimum Gasteiger partial charge on any atom is -0.343 e. The average Bonchev–Trinajstić information content (AvgIpc) is 2.49. The number of nitrogens with one attached hydrogen (secondary N) is 1. The maximum Gasteiger partial charge on any atom is 0.213 e. The molecule has 1 atom stereocenters. The molecule has 1 N–H and O–H groups in total. The maximum atomic E-state index is 4.70. The second-order valence-electron chi connectivity index (χ2n) is 3.55. The Bertz CT molecular complexity index is 227. The van der Waals surface area contributed by atoms with E-state index in [2.05, 4.69) is 15.5 Å². The van der Waals surface area contributed by atoms with E-state index in [4.69, 9.17) is 4.52 Å². The van der Waals surface area contributed by atoms with Crippen molar-refractivity contribution >= 4 is 0 Å². The number of rotatable bonds is 2. The second kappa shape index (κ2) is 4.37. The summed E-state index contributed by atoms with van der Waals surface area (Å²) < 4.78 is 4.70. The summed E-state index contributed by atoms with van der Waals surface area (Å²) in [7, 11) is 0. The van der Waals surface area contributed by atoms with Crippen molar-refractivity contribution in [3.63, 3.8) is 0 Å². The van der Waals surface area contributed by atoms with Crippen molar-refractivity contribution in [3.8, 4) is 0 Å². The fraction of sp³-hybridized carbons (Fsp3) is 0.778. The average molecular weight is 181 g/mol. The van der Waals surface area contributed by atoms with Crippen LogP contribution in [0.2, 0.25) is 0 Å². The summed E-state index contributed by atoms with van der Waals surface area (Å²) in [4.78, 5) is 4.02. The summed E-state index contributed by atoms with van der Waals surface area (Å²) >= 11 is 0. The van der Waals surface area contributed by atoms with E-state index in [1.165, 1.54) is 32.1 Å². The maximum absolute atomic E-state index is 4.70. The second-order valence-corrected chi connectivity index (χ2v) is 3.55. The van der Waals surface area contributed by atoms with Crippen LogP contribution in [0, 0.1) is 0 Å². The summed E-state index contributed by atoms with van der Waals surface area (Å²) in [5.74, 6) is 0.819. The van der Waals surface area contributed by atoms with Gasteiger partial charge in [0.1, 0.15) is 0 Å². The van der Waals surface area contributed by atoms with E-state index in [-0.39, 0.29) is 0 Å². The SMILES string of the molecule is c1nc(CC2CCCCCN2)no1. The lowest BCUT2D eigenvalue weighted by Gasteiger charge is -2.12. The van der Waals surface area contributed by atoms with Crippen LogP contribution in [-0.4, -0.2) is 22.7 Å². The first-order chi connectivity index (χ1) is 6.45. The van der Waals surface area contributed by atoms with Crippen LogP contribution in [0.3, 0.4) is 0 Å². The highest BCUT2D eigenvalue weighted by molar-refractivity contribution is 4.85. The highest BCUT2D eigenvalue weighted by atomic mass is 16.5. The fourth-order valence-corrected chi connectivity index (χ4v) is 1.78. The number of nitrogens with zero attached hydrogens (tertiary/aromatic N) is 2. The van der Waals surface area contributed by atoms with Crippen LogP contribution in [0.25, 0.3) is 0 Å². The van der Waals surface area contributed by atoms with Gasteiger partial charge in [0.2, 0.25) is 6.39 Å². The van der Waals surface area contributed by atoms with Gasteiger partial charge in [0.15, 0.2) is 5.82 Å². The predicted octanol–water partition coefficient (Wildman–Crippen LogP) is 1.14. The molecule has 0 amide bonds. The standard InChI is InChI=1S/C9H15N3O/c1-2-4-8(10-5-3-1)6-9-11-7-13-12-9/h7-8,10H,1-6H2. The smallest absolute Gasteiger partial charge is 0.213 e. The lowest BCUT2D eigenvalue weighted by atomic mass is 10.1. The van der Waals surface area contributed by atoms with Gasteiger partial charge in [-0.3, -0.25) is 0 Å². The molecule has 0 spiro atoms. The quantitative estimate of drug-likeness (QED) is 0.743. The molecule has 2 rings (SSSR count). The van der Waals surface area contributed by atoms with Gasteiger partial charge >= 0.3 is 0 Å². The first-order valence-electron chi connectivity index (χ1n) is 4.94. The molecule has 4 heteroatoms. The summed E-state index contributed by atoms with van der Waals surface area (Å²) in [5, 5.41) is 7.31. The van der Waals surface area contributed by atoms with Crippen LogP contribution in [0.5, 0.6) is 0 Å². The molecule has 2 heterocycles. The van der Waals surface area contributed by atoms with Gasteiger partial charge < -0.3 is 9.84 Å². The van der Waals surface area contributed by atoms with Gasteiger partial charge in [-0.1, -0.05) is 18.0 Å². The van der Waals surface area contributed by atoms with Gasteiger partial charge in [0, 0.05) is 12.5 Å². The number of aromatic nitrogens is 2. The van der Waals surface area contributed by atoms with Gasteiger partial charge in [0.25, 0.3) is 0 Å². The Morgan fingerprint density at radius 3 is 3.31 bits per heavy atom. The van der Waals surface area contributed by atoms with E-state index < -0.39 is 0 Å². The fourth-order valence-electron chi connectivity index (χ4n) is 1.78. The Morgan fingerprint density at radius 1 is 1.46 bits per heavy atom. The highest BCUT2D eigenvalue weighted by Crippen LogP contribution is 2.10. The van der Waals surface area contributed by atoms with Crippen molar-refractivity contribution in [2.24, 2.45) is 0 Å². The molecule has 1 aromatic rings. The molecule has 0 bridgehead atoms. The van der Waals surface area contributed by atoms with Crippen LogP contribution in [0.15, 0.2) is 10.9 Å². The van der Waals surface area contributed by atoms with Gasteiger partial charge in [-0.05, 0) is 19.4 Å². The molecule has 1 aromatic heterocycles. The van der Waals surface area contributed by atoms with Crippen LogP contribution in [0.4, 0.5) is 0 Å². The summed E-state index contributed by atoms with van der Waals surface area (Å²) in [6.07, 6.45) is 7.48. The highest BCUT2D eigenvalue weighted by Gasteiger charge is 2.13. The van der Waals surface area contributed by atoms with Gasteiger partial charge in [-0.2, -0.15) is 4.98 Å². The largest absolute Gasteiger partial charge is 0.343 e. The van der Waals surface area contributed by atoms with Crippen molar-refractivity contribution in [2.45, 2.75) is 38.1 Å². The molecule has 1 aliphatic heterocycles. The zero-order valence-electron chi connectivity index (χ0n) is 7.70. The third-order valence-corrected chi connectivity index (χ3v) is 2.50. The molecule has 1 unspecified atom stereocenters. The van der Waals surface area contributed by atoms with Crippen LogP contribution in [0.1, 0.15) is 31.5 Å². The van der Waals surface area contributed by atoms with Gasteiger partial charge in [-0.15, -0.1) is 0 Å². The Morgan fingerprint density at radius 2 is 2.46 bits per heavy atom. The van der Waals surface area contributed by atoms with Crippen molar-refractivity contribution < 1.29 is 4.52 Å². The van der Waals surface area contributed by atoms with Crippen molar-refractivity contribution in [2.75, 3.05) is 6.54 Å². The number of hydrogen-bond donors (Lipinski definition) is 1. The van der Waals surface area contributed by atoms with E-state index >= 15 is 0 Å². The predicted molar refractivity (Wildman–Crippen MR) is 48.3 cm³/mol. The molecule has 1 saturated heterocycles. The first kappa shape index (κ1) is 8.69. The van der Waals surface area contributed by atoms with Crippen molar-refractivity contribution in [1.29, 1.82) is 0 Å². The molecule has 0 radical (unpaired) electrons. The van der Waals surface area contributed by atoms with Crippen LogP contribution < -0.4 is 5.32 Å². The molecule has 4 nitrogen and oxygen atoms in total. The third kappa shape index (κ3) is 2.52. The van der Waals surface area contributed by atoms with Gasteiger partial charge in [0.05, 0.1) is 0 Å². The van der Waals surface area contributed by atoms with E-state index in [1.807, 2.05) is 0 Å². The monoisotopic (exact) mass is 181 g/mol. The summed E-state index contributed by atoms with van der Waals surface area (Å²) in [6.45, 7) is 1.13. The summed E-state index contributed by atoms with van der Waals surface area (Å²) in [6, 6.07) is 0.542. The van der Waals surface area contributed by atoms with E-state index in [0.29, 0.717) is 6.04 Å². The van der Waals surface area contributed by atoms with Crippen LogP contribution in [-0.2, 0) is 6.42 Å². The van der Waals surface area contributed by atoms with Crippen molar-refractivity contribution in [3.05, 3.63) is 12.2 Å². The minimum atomic E-state index is 0.542. The third-order valence-electron chi connectivity index (χ3n) is 2.50. The molecule has 0 aliphatic carbocycles. The topological polar surface area (TPSA) is 51.0 Å². The molecular weight excluding hydrogens is 166 g/mol. The van der Waals surface area contributed by atoms with Crippen LogP contribution >= 0.6 is 0 Å². The Balaban J connectivity index is 1.86. The molecule has 13 heavy (non-hydrogen) atoms. The molecule has 72 valence electrons. The van der Waals surface area contributed by atoms with Gasteiger partial charge in [-0.25, -0.2) is 0 Å². The van der Waals surface area contributed by atoms with E-state index in [1.54, 1.807) is 0 Å². The number of hydrogen-bond acceptors (Lipinski definition) is 4. The molecule has 0 aromatic carbocycles. The Hall–Kier alpha value is -0.900.